The predicted octanol–water partition coefficient (Wildman–Crippen LogP) is 4.26. The highest BCUT2D eigenvalue weighted by molar-refractivity contribution is 9.10. The summed E-state index contributed by atoms with van der Waals surface area (Å²) in [6.07, 6.45) is 1.46. The third-order valence-electron chi connectivity index (χ3n) is 2.61. The Bertz CT molecular complexity index is 712. The Labute approximate surface area is 136 Å². The maximum atomic E-state index is 14.1. The van der Waals surface area contributed by atoms with E-state index in [1.807, 2.05) is 20.8 Å². The van der Waals surface area contributed by atoms with Gasteiger partial charge in [-0.15, -0.1) is 0 Å². The summed E-state index contributed by atoms with van der Waals surface area (Å²) < 4.78 is 14.8. The fourth-order valence-corrected chi connectivity index (χ4v) is 2.02. The van der Waals surface area contributed by atoms with Crippen molar-refractivity contribution in [3.63, 3.8) is 0 Å². The van der Waals surface area contributed by atoms with E-state index in [0.717, 1.165) is 4.47 Å². The quantitative estimate of drug-likeness (QED) is 0.652. The lowest BCUT2D eigenvalue weighted by atomic mass is 10.1. The van der Waals surface area contributed by atoms with Gasteiger partial charge in [0.25, 0.3) is 0 Å². The standard InChI is InChI=1S/C16H16BrFN2O2/c1-16(2,3)22-20-14(15-12(18)5-4-8-19-15)11-9-10(17)6-7-13(11)21/h4-9,21H,1-3H3. The molecule has 0 amide bonds. The van der Waals surface area contributed by atoms with E-state index in [2.05, 4.69) is 26.1 Å². The molecule has 1 aromatic heterocycles. The zero-order valence-electron chi connectivity index (χ0n) is 12.5. The van der Waals surface area contributed by atoms with Gasteiger partial charge in [0.2, 0.25) is 0 Å². The molecule has 2 rings (SSSR count). The summed E-state index contributed by atoms with van der Waals surface area (Å²) in [4.78, 5) is 9.42. The van der Waals surface area contributed by atoms with Crippen molar-refractivity contribution in [2.24, 2.45) is 5.16 Å². The van der Waals surface area contributed by atoms with Crippen molar-refractivity contribution < 1.29 is 14.3 Å². The molecule has 0 radical (unpaired) electrons. The van der Waals surface area contributed by atoms with Gasteiger partial charge in [0.05, 0.1) is 0 Å². The average Bonchev–Trinajstić information content (AvgIpc) is 2.43. The second-order valence-electron chi connectivity index (χ2n) is 5.64. The van der Waals surface area contributed by atoms with Crippen LogP contribution in [0, 0.1) is 5.82 Å². The van der Waals surface area contributed by atoms with Gasteiger partial charge < -0.3 is 9.94 Å². The highest BCUT2D eigenvalue weighted by atomic mass is 79.9. The molecule has 1 heterocycles. The Morgan fingerprint density at radius 3 is 2.68 bits per heavy atom. The second kappa shape index (κ2) is 6.44. The second-order valence-corrected chi connectivity index (χ2v) is 6.55. The van der Waals surface area contributed by atoms with Crippen LogP contribution in [0.25, 0.3) is 0 Å². The molecule has 0 aliphatic carbocycles. The van der Waals surface area contributed by atoms with Crippen molar-refractivity contribution in [3.8, 4) is 5.75 Å². The SMILES string of the molecule is CC(C)(C)ON=C(c1cc(Br)ccc1O)c1ncccc1F. The molecular formula is C16H16BrFN2O2. The Balaban J connectivity index is 2.61. The van der Waals surface area contributed by atoms with Crippen molar-refractivity contribution in [1.82, 2.24) is 4.98 Å². The van der Waals surface area contributed by atoms with E-state index < -0.39 is 11.4 Å². The first-order valence-corrected chi connectivity index (χ1v) is 7.43. The van der Waals surface area contributed by atoms with E-state index in [0.29, 0.717) is 5.56 Å². The van der Waals surface area contributed by atoms with Gasteiger partial charge in [-0.05, 0) is 51.1 Å². The van der Waals surface area contributed by atoms with Gasteiger partial charge in [-0.3, -0.25) is 4.98 Å². The minimum atomic E-state index is -0.557. The van der Waals surface area contributed by atoms with E-state index in [4.69, 9.17) is 4.84 Å². The smallest absolute Gasteiger partial charge is 0.151 e. The number of pyridine rings is 1. The molecular weight excluding hydrogens is 351 g/mol. The van der Waals surface area contributed by atoms with Gasteiger partial charge >= 0.3 is 0 Å². The topological polar surface area (TPSA) is 54.7 Å². The zero-order chi connectivity index (χ0) is 16.3. The van der Waals surface area contributed by atoms with Gasteiger partial charge in [-0.25, -0.2) is 4.39 Å². The van der Waals surface area contributed by atoms with E-state index in [1.54, 1.807) is 12.1 Å². The number of phenolic OH excluding ortho intramolecular Hbond substituents is 1. The molecule has 0 atom stereocenters. The average molecular weight is 367 g/mol. The number of halogens is 2. The monoisotopic (exact) mass is 366 g/mol. The zero-order valence-corrected chi connectivity index (χ0v) is 14.1. The molecule has 0 bridgehead atoms. The number of rotatable bonds is 3. The third-order valence-corrected chi connectivity index (χ3v) is 3.10. The minimum absolute atomic E-state index is 0.0140. The summed E-state index contributed by atoms with van der Waals surface area (Å²) in [5, 5.41) is 14.1. The summed E-state index contributed by atoms with van der Waals surface area (Å²) in [5.74, 6) is -0.581. The van der Waals surface area contributed by atoms with E-state index in [-0.39, 0.29) is 17.2 Å². The summed E-state index contributed by atoms with van der Waals surface area (Å²) >= 11 is 3.33. The molecule has 1 aromatic carbocycles. The molecule has 0 unspecified atom stereocenters. The van der Waals surface area contributed by atoms with Crippen molar-refractivity contribution in [1.29, 1.82) is 0 Å². The fourth-order valence-electron chi connectivity index (χ4n) is 1.66. The molecule has 0 spiro atoms. The van der Waals surface area contributed by atoms with E-state index >= 15 is 0 Å². The predicted molar refractivity (Wildman–Crippen MR) is 86.5 cm³/mol. The van der Waals surface area contributed by atoms with E-state index in [1.165, 1.54) is 24.4 Å². The van der Waals surface area contributed by atoms with Crippen LogP contribution in [-0.4, -0.2) is 21.4 Å². The summed E-state index contributed by atoms with van der Waals surface area (Å²) in [6, 6.07) is 7.57. The molecule has 116 valence electrons. The molecule has 0 aliphatic heterocycles. The number of oxime groups is 1. The Morgan fingerprint density at radius 1 is 1.32 bits per heavy atom. The van der Waals surface area contributed by atoms with Crippen molar-refractivity contribution in [3.05, 3.63) is 58.1 Å². The van der Waals surface area contributed by atoms with Crippen LogP contribution in [0.1, 0.15) is 32.0 Å². The third kappa shape index (κ3) is 4.04. The number of benzene rings is 1. The normalized spacial score (nSPS) is 12.3. The van der Waals surface area contributed by atoms with Crippen LogP contribution >= 0.6 is 15.9 Å². The first-order chi connectivity index (χ1) is 10.3. The van der Waals surface area contributed by atoms with Crippen LogP contribution in [0.2, 0.25) is 0 Å². The Hall–Kier alpha value is -1.95. The maximum Gasteiger partial charge on any atom is 0.151 e. The van der Waals surface area contributed by atoms with Gasteiger partial charge in [0.1, 0.15) is 22.8 Å². The summed E-state index contributed by atoms with van der Waals surface area (Å²) in [7, 11) is 0. The van der Waals surface area contributed by atoms with Gasteiger partial charge in [-0.2, -0.15) is 0 Å². The number of nitrogens with zero attached hydrogens (tertiary/aromatic N) is 2. The number of hydrogen-bond donors (Lipinski definition) is 1. The summed E-state index contributed by atoms with van der Waals surface area (Å²) in [5.41, 5.74) is -0.0822. The minimum Gasteiger partial charge on any atom is -0.507 e. The lowest BCUT2D eigenvalue weighted by Crippen LogP contribution is -2.18. The van der Waals surface area contributed by atoms with Crippen LogP contribution < -0.4 is 0 Å². The molecule has 0 aliphatic rings. The molecule has 2 aromatic rings. The number of aromatic hydroxyl groups is 1. The maximum absolute atomic E-state index is 14.1. The largest absolute Gasteiger partial charge is 0.507 e. The highest BCUT2D eigenvalue weighted by Crippen LogP contribution is 2.26. The van der Waals surface area contributed by atoms with E-state index in [9.17, 15) is 9.50 Å². The van der Waals surface area contributed by atoms with Gasteiger partial charge in [0.15, 0.2) is 5.82 Å². The number of aromatic nitrogens is 1. The molecule has 6 heteroatoms. The lowest BCUT2D eigenvalue weighted by Gasteiger charge is -2.17. The molecule has 0 saturated carbocycles. The van der Waals surface area contributed by atoms with Crippen molar-refractivity contribution in [2.75, 3.05) is 0 Å². The molecule has 22 heavy (non-hydrogen) atoms. The summed E-state index contributed by atoms with van der Waals surface area (Å²) in [6.45, 7) is 5.47. The molecule has 0 fully saturated rings. The number of hydrogen-bond acceptors (Lipinski definition) is 4. The molecule has 4 nitrogen and oxygen atoms in total. The lowest BCUT2D eigenvalue weighted by molar-refractivity contribution is 0.00108. The van der Waals surface area contributed by atoms with Crippen LogP contribution in [0.5, 0.6) is 5.75 Å². The van der Waals surface area contributed by atoms with Crippen LogP contribution in [0.15, 0.2) is 46.2 Å². The first-order valence-electron chi connectivity index (χ1n) is 6.64. The Morgan fingerprint density at radius 2 is 2.05 bits per heavy atom. The fraction of sp³-hybridized carbons (Fsp3) is 0.250. The van der Waals surface area contributed by atoms with Gasteiger partial charge in [0, 0.05) is 16.2 Å². The number of phenols is 1. The molecule has 0 saturated heterocycles. The van der Waals surface area contributed by atoms with Crippen LogP contribution in [-0.2, 0) is 4.84 Å². The highest BCUT2D eigenvalue weighted by Gasteiger charge is 2.20. The first kappa shape index (κ1) is 16.4. The molecule has 1 N–H and O–H groups in total. The van der Waals surface area contributed by atoms with Crippen LogP contribution in [0.4, 0.5) is 4.39 Å². The Kier molecular flexibility index (Phi) is 4.81. The van der Waals surface area contributed by atoms with Crippen molar-refractivity contribution >= 4 is 21.6 Å². The van der Waals surface area contributed by atoms with Crippen molar-refractivity contribution in [2.45, 2.75) is 26.4 Å². The van der Waals surface area contributed by atoms with Gasteiger partial charge in [-0.1, -0.05) is 21.1 Å². The van der Waals surface area contributed by atoms with Crippen LogP contribution in [0.3, 0.4) is 0 Å².